The first-order valence-electron chi connectivity index (χ1n) is 6.20. The van der Waals surface area contributed by atoms with E-state index in [9.17, 15) is 0 Å². The van der Waals surface area contributed by atoms with E-state index in [2.05, 4.69) is 26.3 Å². The van der Waals surface area contributed by atoms with Crippen LogP contribution in [0.15, 0.2) is 68.3 Å². The molecule has 0 aliphatic heterocycles. The van der Waals surface area contributed by atoms with Gasteiger partial charge in [-0.25, -0.2) is 0 Å². The Kier molecular flexibility index (Phi) is 4.06. The molecule has 0 atom stereocenters. The molecule has 1 heterocycles. The number of hydrogen-bond donors (Lipinski definition) is 1. The van der Waals surface area contributed by atoms with Gasteiger partial charge in [-0.2, -0.15) is 0 Å². The first-order valence-corrected chi connectivity index (χ1v) is 7.02. The van der Waals surface area contributed by atoms with Crippen LogP contribution in [0.2, 0.25) is 0 Å². The van der Waals surface area contributed by atoms with Crippen molar-refractivity contribution < 1.29 is 0 Å². The molecule has 0 fully saturated rings. The minimum absolute atomic E-state index is 0.751. The predicted octanol–water partition coefficient (Wildman–Crippen LogP) is 5.44. The Morgan fingerprint density at radius 1 is 1.20 bits per heavy atom. The fourth-order valence-corrected chi connectivity index (χ4v) is 3.18. The van der Waals surface area contributed by atoms with Gasteiger partial charge in [0.2, 0.25) is 0 Å². The lowest BCUT2D eigenvalue weighted by molar-refractivity contribution is 1.71. The van der Waals surface area contributed by atoms with Gasteiger partial charge < -0.3 is 5.73 Å². The number of nitrogens with two attached hydrogens (primary N) is 1. The molecule has 0 saturated carbocycles. The number of allylic oxidation sites excluding steroid dienone is 5. The van der Waals surface area contributed by atoms with E-state index in [1.165, 1.54) is 4.70 Å². The summed E-state index contributed by atoms with van der Waals surface area (Å²) < 4.78 is 1.17. The number of hydrogen-bond acceptors (Lipinski definition) is 2. The van der Waals surface area contributed by atoms with Crippen molar-refractivity contribution in [3.8, 4) is 0 Å². The third-order valence-electron chi connectivity index (χ3n) is 3.05. The summed E-state index contributed by atoms with van der Waals surface area (Å²) in [5.41, 5.74) is 9.45. The van der Waals surface area contributed by atoms with Crippen molar-refractivity contribution in [2.45, 2.75) is 0 Å². The van der Waals surface area contributed by atoms with Gasteiger partial charge >= 0.3 is 0 Å². The van der Waals surface area contributed by atoms with Crippen molar-refractivity contribution in [2.75, 3.05) is 5.73 Å². The van der Waals surface area contributed by atoms with E-state index >= 15 is 0 Å². The maximum Gasteiger partial charge on any atom is 0.0427 e. The molecular weight excluding hydrogens is 262 g/mol. The molecule has 0 saturated heterocycles. The lowest BCUT2D eigenvalue weighted by atomic mass is 10.0. The molecule has 100 valence electrons. The average Bonchev–Trinajstić information content (AvgIpc) is 2.81. The summed E-state index contributed by atoms with van der Waals surface area (Å²) in [6.45, 7) is 15.8. The molecule has 2 aromatic rings. The van der Waals surface area contributed by atoms with Crippen molar-refractivity contribution in [1.82, 2.24) is 0 Å². The molecule has 0 radical (unpaired) electrons. The lowest BCUT2D eigenvalue weighted by Crippen LogP contribution is -1.85. The minimum atomic E-state index is 0.751. The smallest absolute Gasteiger partial charge is 0.0427 e. The van der Waals surface area contributed by atoms with Gasteiger partial charge in [-0.3, -0.25) is 0 Å². The number of fused-ring (bicyclic) bond motifs is 1. The minimum Gasteiger partial charge on any atom is -0.399 e. The van der Waals surface area contributed by atoms with Gasteiger partial charge in [0, 0.05) is 26.2 Å². The maximum atomic E-state index is 5.87. The highest BCUT2D eigenvalue weighted by Crippen LogP contribution is 2.39. The van der Waals surface area contributed by atoms with Crippen molar-refractivity contribution in [3.63, 3.8) is 0 Å². The predicted molar refractivity (Wildman–Crippen MR) is 93.8 cm³/mol. The molecule has 20 heavy (non-hydrogen) atoms. The zero-order valence-corrected chi connectivity index (χ0v) is 12.2. The second-order valence-corrected chi connectivity index (χ2v) is 5.46. The Balaban J connectivity index is 2.57. The van der Waals surface area contributed by atoms with Crippen molar-refractivity contribution >= 4 is 38.8 Å². The first-order chi connectivity index (χ1) is 9.58. The summed E-state index contributed by atoms with van der Waals surface area (Å²) in [6, 6.07) is 5.91. The molecule has 2 rings (SSSR count). The van der Waals surface area contributed by atoms with E-state index in [1.807, 2.05) is 36.4 Å². The van der Waals surface area contributed by atoms with E-state index in [-0.39, 0.29) is 0 Å². The van der Waals surface area contributed by atoms with Crippen LogP contribution in [0.3, 0.4) is 0 Å². The molecule has 1 nitrogen and oxygen atoms in total. The molecule has 2 heteroatoms. The molecule has 0 spiro atoms. The normalized spacial score (nSPS) is 10.8. The van der Waals surface area contributed by atoms with E-state index < -0.39 is 0 Å². The van der Waals surface area contributed by atoms with Crippen LogP contribution < -0.4 is 5.73 Å². The topological polar surface area (TPSA) is 26.0 Å². The quantitative estimate of drug-likeness (QED) is 0.572. The van der Waals surface area contributed by atoms with Crippen LogP contribution in [-0.4, -0.2) is 0 Å². The lowest BCUT2D eigenvalue weighted by Gasteiger charge is -2.04. The zero-order chi connectivity index (χ0) is 14.7. The monoisotopic (exact) mass is 279 g/mol. The van der Waals surface area contributed by atoms with E-state index in [0.717, 1.165) is 32.7 Å². The standard InChI is InChI=1S/C18H17NS/c1-5-7-8-12(3)13(4)18-15(6-2)16-11-14(19)9-10-17(16)20-18/h5-11H,1-4,19H2. The van der Waals surface area contributed by atoms with Crippen LogP contribution in [-0.2, 0) is 0 Å². The molecular formula is C18H17NS. The number of nitrogen functional groups attached to an aromatic ring is 1. The second-order valence-electron chi connectivity index (χ2n) is 4.40. The fourth-order valence-electron chi connectivity index (χ4n) is 1.99. The number of benzene rings is 1. The van der Waals surface area contributed by atoms with Crippen molar-refractivity contribution in [2.24, 2.45) is 0 Å². The Labute approximate surface area is 123 Å². The largest absolute Gasteiger partial charge is 0.399 e. The van der Waals surface area contributed by atoms with Gasteiger partial charge in [0.05, 0.1) is 0 Å². The SMILES string of the molecule is C=CC=CC(=C)C(=C)c1sc2ccc(N)cc2c1C=C. The molecule has 0 bridgehead atoms. The molecule has 0 unspecified atom stereocenters. The van der Waals surface area contributed by atoms with Crippen LogP contribution in [0.5, 0.6) is 0 Å². The summed E-state index contributed by atoms with van der Waals surface area (Å²) in [7, 11) is 0. The summed E-state index contributed by atoms with van der Waals surface area (Å²) in [6.07, 6.45) is 7.33. The molecule has 2 N–H and O–H groups in total. The highest BCUT2D eigenvalue weighted by atomic mass is 32.1. The maximum absolute atomic E-state index is 5.87. The highest BCUT2D eigenvalue weighted by molar-refractivity contribution is 7.20. The van der Waals surface area contributed by atoms with E-state index in [1.54, 1.807) is 17.4 Å². The molecule has 0 aliphatic carbocycles. The first kappa shape index (κ1) is 14.1. The Bertz CT molecular complexity index is 744. The van der Waals surface area contributed by atoms with Crippen molar-refractivity contribution in [1.29, 1.82) is 0 Å². The van der Waals surface area contributed by atoms with Crippen molar-refractivity contribution in [3.05, 3.63) is 78.8 Å². The number of thiophene rings is 1. The third-order valence-corrected chi connectivity index (χ3v) is 4.30. The van der Waals surface area contributed by atoms with Gasteiger partial charge in [0.1, 0.15) is 0 Å². The summed E-state index contributed by atoms with van der Waals surface area (Å²) >= 11 is 1.68. The van der Waals surface area contributed by atoms with Crippen LogP contribution in [0.4, 0.5) is 5.69 Å². The van der Waals surface area contributed by atoms with Gasteiger partial charge in [0.25, 0.3) is 0 Å². The summed E-state index contributed by atoms with van der Waals surface area (Å²) in [5, 5.41) is 1.11. The second kappa shape index (κ2) is 5.76. The average molecular weight is 279 g/mol. The zero-order valence-electron chi connectivity index (χ0n) is 11.4. The Hall–Kier alpha value is -2.32. The van der Waals surface area contributed by atoms with Crippen LogP contribution >= 0.6 is 11.3 Å². The number of anilines is 1. The molecule has 1 aromatic heterocycles. The Morgan fingerprint density at radius 2 is 1.95 bits per heavy atom. The molecule has 0 aliphatic rings. The van der Waals surface area contributed by atoms with E-state index in [0.29, 0.717) is 0 Å². The third kappa shape index (κ3) is 2.51. The van der Waals surface area contributed by atoms with Crippen LogP contribution in [0, 0.1) is 0 Å². The molecule has 1 aromatic carbocycles. The highest BCUT2D eigenvalue weighted by Gasteiger charge is 2.13. The Morgan fingerprint density at radius 3 is 2.60 bits per heavy atom. The van der Waals surface area contributed by atoms with Gasteiger partial charge in [-0.05, 0) is 29.3 Å². The van der Waals surface area contributed by atoms with Crippen LogP contribution in [0.25, 0.3) is 21.7 Å². The van der Waals surface area contributed by atoms with Gasteiger partial charge in [-0.15, -0.1) is 11.3 Å². The number of rotatable bonds is 5. The molecule has 0 amide bonds. The van der Waals surface area contributed by atoms with E-state index in [4.69, 9.17) is 5.73 Å². The van der Waals surface area contributed by atoms with Gasteiger partial charge in [0.15, 0.2) is 0 Å². The fraction of sp³-hybridized carbons (Fsp3) is 0. The summed E-state index contributed by atoms with van der Waals surface area (Å²) in [4.78, 5) is 1.08. The summed E-state index contributed by atoms with van der Waals surface area (Å²) in [5.74, 6) is 0. The van der Waals surface area contributed by atoms with Crippen LogP contribution in [0.1, 0.15) is 10.4 Å². The van der Waals surface area contributed by atoms with Gasteiger partial charge in [-0.1, -0.05) is 50.6 Å².